The van der Waals surface area contributed by atoms with Crippen molar-refractivity contribution < 1.29 is 8.83 Å². The van der Waals surface area contributed by atoms with Crippen molar-refractivity contribution in [3.63, 3.8) is 0 Å². The van der Waals surface area contributed by atoms with Crippen LogP contribution in [0.5, 0.6) is 0 Å². The summed E-state index contributed by atoms with van der Waals surface area (Å²) in [5.41, 5.74) is 1.15. The van der Waals surface area contributed by atoms with E-state index >= 15 is 0 Å². The summed E-state index contributed by atoms with van der Waals surface area (Å²) in [6, 6.07) is 14.0. The lowest BCUT2D eigenvalue weighted by atomic mass is 10.00. The van der Waals surface area contributed by atoms with Gasteiger partial charge in [-0.1, -0.05) is 49.0 Å². The molecule has 1 aliphatic heterocycles. The Hall–Kier alpha value is -3.07. The van der Waals surface area contributed by atoms with Crippen molar-refractivity contribution in [3.8, 4) is 0 Å². The quantitative estimate of drug-likeness (QED) is 0.365. The van der Waals surface area contributed by atoms with Gasteiger partial charge in [0.15, 0.2) is 5.16 Å². The maximum Gasteiger partial charge on any atom is 0.228 e. The summed E-state index contributed by atoms with van der Waals surface area (Å²) in [6.45, 7) is 4.89. The van der Waals surface area contributed by atoms with E-state index in [1.54, 1.807) is 18.0 Å². The highest BCUT2D eigenvalue weighted by molar-refractivity contribution is 7.98. The predicted octanol–water partition coefficient (Wildman–Crippen LogP) is 4.42. The minimum absolute atomic E-state index is 0.537. The highest BCUT2D eigenvalue weighted by Gasteiger charge is 2.23. The van der Waals surface area contributed by atoms with Crippen LogP contribution in [0.3, 0.4) is 0 Å². The molecular formula is C23H26N6O2S. The first-order valence-corrected chi connectivity index (χ1v) is 11.9. The van der Waals surface area contributed by atoms with Gasteiger partial charge < -0.3 is 13.7 Å². The summed E-state index contributed by atoms with van der Waals surface area (Å²) in [4.78, 5) is 2.32. The second-order valence-electron chi connectivity index (χ2n) is 8.16. The molecule has 166 valence electrons. The molecule has 1 aliphatic rings. The maximum absolute atomic E-state index is 5.86. The van der Waals surface area contributed by atoms with Gasteiger partial charge in [-0.15, -0.1) is 20.4 Å². The number of thioether (sulfide) groups is 1. The number of rotatable bonds is 8. The van der Waals surface area contributed by atoms with Crippen LogP contribution in [-0.4, -0.2) is 38.1 Å². The molecule has 0 N–H and O–H groups in total. The Labute approximate surface area is 191 Å². The Morgan fingerprint density at radius 1 is 0.969 bits per heavy atom. The minimum Gasteiger partial charge on any atom is -0.467 e. The van der Waals surface area contributed by atoms with Crippen LogP contribution < -0.4 is 4.90 Å². The Morgan fingerprint density at radius 2 is 1.78 bits per heavy atom. The summed E-state index contributed by atoms with van der Waals surface area (Å²) < 4.78 is 13.6. The third kappa shape index (κ3) is 4.88. The molecule has 0 spiro atoms. The Morgan fingerprint density at radius 3 is 2.56 bits per heavy atom. The van der Waals surface area contributed by atoms with Crippen LogP contribution in [0.1, 0.15) is 42.9 Å². The van der Waals surface area contributed by atoms with Gasteiger partial charge in [0.1, 0.15) is 5.76 Å². The van der Waals surface area contributed by atoms with Crippen LogP contribution in [0.15, 0.2) is 62.7 Å². The SMILES string of the molecule is CC1CCN(c2nnc(SCc3nnc(Cc4ccccc4)o3)n2Cc2ccco2)CC1. The minimum atomic E-state index is 0.537. The lowest BCUT2D eigenvalue weighted by Crippen LogP contribution is -2.35. The number of hydrogen-bond acceptors (Lipinski definition) is 8. The van der Waals surface area contributed by atoms with Crippen LogP contribution in [-0.2, 0) is 18.7 Å². The average molecular weight is 451 g/mol. The molecule has 4 aromatic rings. The zero-order chi connectivity index (χ0) is 21.8. The van der Waals surface area contributed by atoms with Gasteiger partial charge in [-0.3, -0.25) is 4.57 Å². The molecule has 0 unspecified atom stereocenters. The summed E-state index contributed by atoms with van der Waals surface area (Å²) in [7, 11) is 0. The average Bonchev–Trinajstić information content (AvgIpc) is 3.56. The fraction of sp³-hybridized carbons (Fsp3) is 0.391. The van der Waals surface area contributed by atoms with E-state index < -0.39 is 0 Å². The molecule has 0 aliphatic carbocycles. The van der Waals surface area contributed by atoms with Crippen molar-refractivity contribution in [1.82, 2.24) is 25.0 Å². The predicted molar refractivity (Wildman–Crippen MR) is 122 cm³/mol. The highest BCUT2D eigenvalue weighted by atomic mass is 32.2. The first-order valence-electron chi connectivity index (χ1n) is 10.9. The monoisotopic (exact) mass is 450 g/mol. The van der Waals surface area contributed by atoms with E-state index in [2.05, 4.69) is 48.9 Å². The fourth-order valence-electron chi connectivity index (χ4n) is 3.84. The molecule has 32 heavy (non-hydrogen) atoms. The molecule has 1 saturated heterocycles. The van der Waals surface area contributed by atoms with Crippen molar-refractivity contribution in [2.24, 2.45) is 5.92 Å². The van der Waals surface area contributed by atoms with E-state index in [0.29, 0.717) is 30.5 Å². The fourth-order valence-corrected chi connectivity index (χ4v) is 4.61. The van der Waals surface area contributed by atoms with Crippen molar-refractivity contribution in [2.45, 2.75) is 43.6 Å². The number of anilines is 1. The van der Waals surface area contributed by atoms with E-state index in [0.717, 1.165) is 41.4 Å². The second kappa shape index (κ2) is 9.60. The largest absolute Gasteiger partial charge is 0.467 e. The van der Waals surface area contributed by atoms with Crippen LogP contribution in [0, 0.1) is 5.92 Å². The van der Waals surface area contributed by atoms with Crippen LogP contribution in [0.25, 0.3) is 0 Å². The van der Waals surface area contributed by atoms with Crippen molar-refractivity contribution in [2.75, 3.05) is 18.0 Å². The van der Waals surface area contributed by atoms with Gasteiger partial charge in [0.05, 0.1) is 25.0 Å². The molecule has 1 fully saturated rings. The zero-order valence-electron chi connectivity index (χ0n) is 18.1. The summed E-state index contributed by atoms with van der Waals surface area (Å²) in [5, 5.41) is 18.2. The van der Waals surface area contributed by atoms with E-state index in [9.17, 15) is 0 Å². The van der Waals surface area contributed by atoms with Gasteiger partial charge in [0, 0.05) is 13.1 Å². The molecular weight excluding hydrogens is 424 g/mol. The normalized spacial score (nSPS) is 14.8. The first-order chi connectivity index (χ1) is 15.7. The van der Waals surface area contributed by atoms with Gasteiger partial charge in [-0.05, 0) is 36.5 Å². The lowest BCUT2D eigenvalue weighted by molar-refractivity contribution is 0.427. The third-order valence-electron chi connectivity index (χ3n) is 5.69. The number of furan rings is 1. The van der Waals surface area contributed by atoms with Crippen molar-refractivity contribution in [1.29, 1.82) is 0 Å². The standard InChI is InChI=1S/C23H26N6O2S/c1-17-9-11-28(12-10-17)22-26-27-23(29(22)15-19-8-5-13-30-19)32-16-21-25-24-20(31-21)14-18-6-3-2-4-7-18/h2-8,13,17H,9-12,14-16H2,1H3. The van der Waals surface area contributed by atoms with Crippen LogP contribution in [0.2, 0.25) is 0 Å². The Bertz CT molecular complexity index is 1120. The van der Waals surface area contributed by atoms with E-state index in [-0.39, 0.29) is 0 Å². The molecule has 0 atom stereocenters. The maximum atomic E-state index is 5.86. The molecule has 1 aromatic carbocycles. The molecule has 8 nitrogen and oxygen atoms in total. The topological polar surface area (TPSA) is 86.0 Å². The van der Waals surface area contributed by atoms with E-state index in [1.807, 2.05) is 30.3 Å². The molecule has 0 bridgehead atoms. The number of nitrogens with zero attached hydrogens (tertiary/aromatic N) is 6. The van der Waals surface area contributed by atoms with Gasteiger partial charge in [-0.25, -0.2) is 0 Å². The number of aromatic nitrogens is 5. The smallest absolute Gasteiger partial charge is 0.228 e. The lowest BCUT2D eigenvalue weighted by Gasteiger charge is -2.31. The third-order valence-corrected chi connectivity index (χ3v) is 6.64. The molecule has 9 heteroatoms. The second-order valence-corrected chi connectivity index (χ2v) is 9.10. The zero-order valence-corrected chi connectivity index (χ0v) is 18.9. The van der Waals surface area contributed by atoms with Gasteiger partial charge in [0.25, 0.3) is 0 Å². The summed E-state index contributed by atoms with van der Waals surface area (Å²) in [5.74, 6) is 4.26. The molecule has 5 rings (SSSR count). The van der Waals surface area contributed by atoms with Gasteiger partial charge >= 0.3 is 0 Å². The molecule has 4 heterocycles. The van der Waals surface area contributed by atoms with Gasteiger partial charge in [-0.2, -0.15) is 0 Å². The number of hydrogen-bond donors (Lipinski definition) is 0. The summed E-state index contributed by atoms with van der Waals surface area (Å²) in [6.07, 6.45) is 4.66. The Kier molecular flexibility index (Phi) is 6.24. The van der Waals surface area contributed by atoms with E-state index in [1.165, 1.54) is 12.8 Å². The number of benzene rings is 1. The molecule has 0 radical (unpaired) electrons. The number of piperidine rings is 1. The van der Waals surface area contributed by atoms with Crippen LogP contribution >= 0.6 is 11.8 Å². The van der Waals surface area contributed by atoms with Gasteiger partial charge in [0.2, 0.25) is 17.7 Å². The van der Waals surface area contributed by atoms with E-state index in [4.69, 9.17) is 8.83 Å². The Balaban J connectivity index is 1.30. The molecule has 3 aromatic heterocycles. The van der Waals surface area contributed by atoms with Crippen molar-refractivity contribution in [3.05, 3.63) is 71.8 Å². The molecule has 0 saturated carbocycles. The highest BCUT2D eigenvalue weighted by Crippen LogP contribution is 2.28. The molecule has 0 amide bonds. The summed E-state index contributed by atoms with van der Waals surface area (Å²) >= 11 is 1.55. The van der Waals surface area contributed by atoms with Crippen LogP contribution in [0.4, 0.5) is 5.95 Å². The first kappa shape index (κ1) is 20.8. The van der Waals surface area contributed by atoms with Crippen molar-refractivity contribution >= 4 is 17.7 Å².